The van der Waals surface area contributed by atoms with Crippen LogP contribution in [0.2, 0.25) is 5.02 Å². The van der Waals surface area contributed by atoms with Gasteiger partial charge >= 0.3 is 0 Å². The van der Waals surface area contributed by atoms with E-state index in [0.29, 0.717) is 6.04 Å². The van der Waals surface area contributed by atoms with E-state index in [2.05, 4.69) is 47.4 Å². The molecule has 23 heavy (non-hydrogen) atoms. The number of halogens is 3. The van der Waals surface area contributed by atoms with Gasteiger partial charge in [-0.25, -0.2) is 0 Å². The average molecular weight is 381 g/mol. The summed E-state index contributed by atoms with van der Waals surface area (Å²) in [6.07, 6.45) is 4.06. The predicted molar refractivity (Wildman–Crippen MR) is 105 cm³/mol. The van der Waals surface area contributed by atoms with Crippen molar-refractivity contribution in [3.05, 3.63) is 28.8 Å². The molecule has 3 rings (SSSR count). The number of rotatable bonds is 5. The fourth-order valence-electron chi connectivity index (χ4n) is 3.20. The zero-order valence-electron chi connectivity index (χ0n) is 13.9. The number of nitrogens with one attached hydrogen (secondary N) is 1. The average Bonchev–Trinajstić information content (AvgIpc) is 3.30. The molecule has 132 valence electrons. The number of hydrogen-bond donors (Lipinski definition) is 1. The Balaban J connectivity index is 0.00000132. The molecule has 3 nitrogen and oxygen atoms in total. The molecule has 0 bridgehead atoms. The van der Waals surface area contributed by atoms with Gasteiger partial charge in [-0.15, -0.1) is 24.8 Å². The van der Waals surface area contributed by atoms with Crippen molar-refractivity contribution in [3.8, 4) is 0 Å². The summed E-state index contributed by atoms with van der Waals surface area (Å²) in [5.41, 5.74) is 2.49. The van der Waals surface area contributed by atoms with Crippen molar-refractivity contribution in [2.45, 2.75) is 25.3 Å². The maximum atomic E-state index is 6.62. The lowest BCUT2D eigenvalue weighted by molar-refractivity contribution is 0.160. The molecule has 1 saturated carbocycles. The summed E-state index contributed by atoms with van der Waals surface area (Å²) < 4.78 is 0. The number of anilines is 1. The molecule has 1 aliphatic heterocycles. The van der Waals surface area contributed by atoms with Gasteiger partial charge in [0.1, 0.15) is 0 Å². The van der Waals surface area contributed by atoms with E-state index < -0.39 is 0 Å². The van der Waals surface area contributed by atoms with Crippen LogP contribution in [0.25, 0.3) is 0 Å². The van der Waals surface area contributed by atoms with Gasteiger partial charge in [-0.2, -0.15) is 0 Å². The molecule has 2 aliphatic rings. The highest BCUT2D eigenvalue weighted by molar-refractivity contribution is 6.31. The van der Waals surface area contributed by atoms with Crippen LogP contribution in [-0.4, -0.2) is 45.2 Å². The molecule has 6 heteroatoms. The van der Waals surface area contributed by atoms with Crippen molar-refractivity contribution in [2.75, 3.05) is 45.2 Å². The normalized spacial score (nSPS) is 19.4. The maximum absolute atomic E-state index is 6.62. The topological polar surface area (TPSA) is 18.5 Å². The Kier molecular flexibility index (Phi) is 8.46. The number of benzene rings is 1. The van der Waals surface area contributed by atoms with Crippen LogP contribution < -0.4 is 10.2 Å². The van der Waals surface area contributed by atoms with E-state index in [1.165, 1.54) is 30.5 Å². The highest BCUT2D eigenvalue weighted by Gasteiger charge is 2.31. The van der Waals surface area contributed by atoms with Gasteiger partial charge in [0.05, 0.1) is 0 Å². The summed E-state index contributed by atoms with van der Waals surface area (Å²) in [4.78, 5) is 4.72. The summed E-state index contributed by atoms with van der Waals surface area (Å²) in [5.74, 6) is 0.912. The summed E-state index contributed by atoms with van der Waals surface area (Å²) in [6.45, 7) is 4.44. The van der Waals surface area contributed by atoms with Crippen LogP contribution in [0.4, 0.5) is 5.69 Å². The van der Waals surface area contributed by atoms with E-state index in [4.69, 9.17) is 11.6 Å². The van der Waals surface area contributed by atoms with E-state index in [-0.39, 0.29) is 24.8 Å². The standard InChI is InChI=1S/C17H26ClN3.2ClH/c1-20(2)14-5-6-15(16(18)12-14)17(11-13-3-4-13)21-9-7-19-8-10-21;;/h5-6,12-13,17,19H,3-4,7-11H2,1-2H3;2*1H/t17-;;/m1../s1. The Morgan fingerprint density at radius 3 is 2.39 bits per heavy atom. The lowest BCUT2D eigenvalue weighted by Gasteiger charge is -2.36. The van der Waals surface area contributed by atoms with E-state index in [1.807, 2.05) is 0 Å². The highest BCUT2D eigenvalue weighted by atomic mass is 35.5. The molecule has 0 amide bonds. The largest absolute Gasteiger partial charge is 0.378 e. The minimum atomic E-state index is 0. The van der Waals surface area contributed by atoms with Crippen LogP contribution in [0.1, 0.15) is 30.9 Å². The van der Waals surface area contributed by atoms with E-state index in [9.17, 15) is 0 Å². The smallest absolute Gasteiger partial charge is 0.0474 e. The fraction of sp³-hybridized carbons (Fsp3) is 0.647. The summed E-state index contributed by atoms with van der Waals surface area (Å²) >= 11 is 6.62. The molecule has 1 heterocycles. The molecule has 2 fully saturated rings. The Bertz CT molecular complexity index is 486. The molecule has 1 aromatic rings. The predicted octanol–water partition coefficient (Wildman–Crippen LogP) is 4.00. The molecule has 0 unspecified atom stereocenters. The van der Waals surface area contributed by atoms with Crippen LogP contribution in [0.15, 0.2) is 18.2 Å². The quantitative estimate of drug-likeness (QED) is 0.833. The second-order valence-corrected chi connectivity index (χ2v) is 6.99. The third-order valence-corrected chi connectivity index (χ3v) is 5.03. The summed E-state index contributed by atoms with van der Waals surface area (Å²) in [7, 11) is 4.12. The van der Waals surface area contributed by atoms with Gasteiger partial charge in [-0.3, -0.25) is 4.90 Å². The second-order valence-electron chi connectivity index (χ2n) is 6.58. The third kappa shape index (κ3) is 5.40. The first-order valence-electron chi connectivity index (χ1n) is 8.06. The molecule has 0 aromatic heterocycles. The Morgan fingerprint density at radius 1 is 1.22 bits per heavy atom. The first kappa shape index (κ1) is 20.9. The van der Waals surface area contributed by atoms with E-state index in [1.54, 1.807) is 0 Å². The third-order valence-electron chi connectivity index (χ3n) is 4.71. The van der Waals surface area contributed by atoms with Crippen LogP contribution in [0.3, 0.4) is 0 Å². The van der Waals surface area contributed by atoms with Gasteiger partial charge in [-0.05, 0) is 30.0 Å². The highest BCUT2D eigenvalue weighted by Crippen LogP contribution is 2.42. The molecule has 1 N–H and O–H groups in total. The second kappa shape index (κ2) is 9.33. The van der Waals surface area contributed by atoms with Crippen molar-refractivity contribution >= 4 is 42.1 Å². The van der Waals surface area contributed by atoms with E-state index >= 15 is 0 Å². The van der Waals surface area contributed by atoms with Crippen LogP contribution in [-0.2, 0) is 0 Å². The van der Waals surface area contributed by atoms with Gasteiger partial charge in [0.2, 0.25) is 0 Å². The van der Waals surface area contributed by atoms with Crippen molar-refractivity contribution in [1.29, 1.82) is 0 Å². The zero-order chi connectivity index (χ0) is 14.8. The van der Waals surface area contributed by atoms with Crippen molar-refractivity contribution in [1.82, 2.24) is 10.2 Å². The number of hydrogen-bond acceptors (Lipinski definition) is 3. The van der Waals surface area contributed by atoms with Crippen LogP contribution in [0.5, 0.6) is 0 Å². The van der Waals surface area contributed by atoms with Crippen LogP contribution in [0, 0.1) is 5.92 Å². The molecule has 0 radical (unpaired) electrons. The van der Waals surface area contributed by atoms with Gasteiger partial charge in [0.15, 0.2) is 0 Å². The SMILES string of the molecule is CN(C)c1ccc([C@@H](CC2CC2)N2CCNCC2)c(Cl)c1.Cl.Cl. The lowest BCUT2D eigenvalue weighted by Crippen LogP contribution is -2.45. The van der Waals surface area contributed by atoms with Gasteiger partial charge in [0, 0.05) is 57.0 Å². The molecule has 1 saturated heterocycles. The van der Waals surface area contributed by atoms with Crippen molar-refractivity contribution < 1.29 is 0 Å². The Labute approximate surface area is 157 Å². The molecule has 0 spiro atoms. The van der Waals surface area contributed by atoms with Crippen molar-refractivity contribution in [2.24, 2.45) is 5.92 Å². The minimum absolute atomic E-state index is 0. The van der Waals surface area contributed by atoms with Gasteiger partial charge in [0.25, 0.3) is 0 Å². The van der Waals surface area contributed by atoms with Crippen molar-refractivity contribution in [3.63, 3.8) is 0 Å². The number of piperazine rings is 1. The maximum Gasteiger partial charge on any atom is 0.0474 e. The summed E-state index contributed by atoms with van der Waals surface area (Å²) in [6, 6.07) is 7.04. The minimum Gasteiger partial charge on any atom is -0.378 e. The first-order valence-corrected chi connectivity index (χ1v) is 8.44. The molecule has 1 aliphatic carbocycles. The molecular weight excluding hydrogens is 353 g/mol. The Hall–Kier alpha value is -0.190. The van der Waals surface area contributed by atoms with E-state index in [0.717, 1.165) is 37.1 Å². The monoisotopic (exact) mass is 379 g/mol. The fourth-order valence-corrected chi connectivity index (χ4v) is 3.50. The lowest BCUT2D eigenvalue weighted by atomic mass is 9.98. The number of nitrogens with zero attached hydrogens (tertiary/aromatic N) is 2. The zero-order valence-corrected chi connectivity index (χ0v) is 16.3. The van der Waals surface area contributed by atoms with Gasteiger partial charge in [-0.1, -0.05) is 30.5 Å². The summed E-state index contributed by atoms with van der Waals surface area (Å²) in [5, 5.41) is 4.37. The van der Waals surface area contributed by atoms with Gasteiger partial charge < -0.3 is 10.2 Å². The Morgan fingerprint density at radius 2 is 1.87 bits per heavy atom. The molecule has 1 aromatic carbocycles. The molecular formula is C17H28Cl3N3. The first-order chi connectivity index (χ1) is 10.1. The molecule has 1 atom stereocenters. The van der Waals surface area contributed by atoms with Crippen LogP contribution >= 0.6 is 36.4 Å².